The zero-order valence-electron chi connectivity index (χ0n) is 8.24. The second-order valence-electron chi connectivity index (χ2n) is 3.22. The SMILES string of the molecule is CCCCCn1cc(CCN)nn1. The Morgan fingerprint density at radius 3 is 3.00 bits per heavy atom. The van der Waals surface area contributed by atoms with Gasteiger partial charge in [0.15, 0.2) is 0 Å². The molecule has 0 spiro atoms. The predicted molar refractivity (Wildman–Crippen MR) is 52.3 cm³/mol. The summed E-state index contributed by atoms with van der Waals surface area (Å²) in [7, 11) is 0. The van der Waals surface area contributed by atoms with Crippen molar-refractivity contribution in [3.63, 3.8) is 0 Å². The molecule has 0 atom stereocenters. The van der Waals surface area contributed by atoms with Gasteiger partial charge in [0.25, 0.3) is 0 Å². The lowest BCUT2D eigenvalue weighted by atomic mass is 10.2. The summed E-state index contributed by atoms with van der Waals surface area (Å²) < 4.78 is 1.90. The zero-order valence-corrected chi connectivity index (χ0v) is 8.24. The predicted octanol–water partition coefficient (Wildman–Crippen LogP) is 0.969. The number of unbranched alkanes of at least 4 members (excludes halogenated alkanes) is 2. The third-order valence-electron chi connectivity index (χ3n) is 1.98. The topological polar surface area (TPSA) is 56.7 Å². The van der Waals surface area contributed by atoms with Gasteiger partial charge in [-0.05, 0) is 13.0 Å². The Labute approximate surface area is 79.1 Å². The van der Waals surface area contributed by atoms with Crippen LogP contribution in [0.25, 0.3) is 0 Å². The Hall–Kier alpha value is -0.900. The zero-order chi connectivity index (χ0) is 9.52. The van der Waals surface area contributed by atoms with Gasteiger partial charge in [-0.25, -0.2) is 0 Å². The van der Waals surface area contributed by atoms with E-state index < -0.39 is 0 Å². The lowest BCUT2D eigenvalue weighted by Crippen LogP contribution is -2.02. The normalized spacial score (nSPS) is 10.6. The molecule has 0 bridgehead atoms. The number of aromatic nitrogens is 3. The van der Waals surface area contributed by atoms with Crippen LogP contribution in [0, 0.1) is 0 Å². The van der Waals surface area contributed by atoms with E-state index in [0.717, 1.165) is 18.7 Å². The molecule has 74 valence electrons. The van der Waals surface area contributed by atoms with E-state index in [4.69, 9.17) is 5.73 Å². The van der Waals surface area contributed by atoms with Crippen molar-refractivity contribution in [3.05, 3.63) is 11.9 Å². The summed E-state index contributed by atoms with van der Waals surface area (Å²) in [6.07, 6.45) is 6.49. The molecule has 0 fully saturated rings. The van der Waals surface area contributed by atoms with E-state index >= 15 is 0 Å². The van der Waals surface area contributed by atoms with Crippen molar-refractivity contribution in [1.82, 2.24) is 15.0 Å². The van der Waals surface area contributed by atoms with Crippen molar-refractivity contribution in [2.24, 2.45) is 5.73 Å². The molecule has 1 heterocycles. The second kappa shape index (κ2) is 5.70. The number of rotatable bonds is 6. The van der Waals surface area contributed by atoms with Gasteiger partial charge in [-0.2, -0.15) is 0 Å². The molecule has 0 aliphatic heterocycles. The largest absolute Gasteiger partial charge is 0.330 e. The fourth-order valence-corrected chi connectivity index (χ4v) is 1.23. The van der Waals surface area contributed by atoms with Crippen LogP contribution in [0.15, 0.2) is 6.20 Å². The molecule has 1 rings (SSSR count). The van der Waals surface area contributed by atoms with E-state index in [2.05, 4.69) is 17.2 Å². The van der Waals surface area contributed by atoms with E-state index in [0.29, 0.717) is 6.54 Å². The van der Waals surface area contributed by atoms with Crippen molar-refractivity contribution in [3.8, 4) is 0 Å². The van der Waals surface area contributed by atoms with Gasteiger partial charge in [-0.15, -0.1) is 5.10 Å². The first-order chi connectivity index (χ1) is 6.36. The Bertz CT molecular complexity index is 231. The average Bonchev–Trinajstić information content (AvgIpc) is 2.54. The third-order valence-corrected chi connectivity index (χ3v) is 1.98. The van der Waals surface area contributed by atoms with Gasteiger partial charge in [0.05, 0.1) is 5.69 Å². The summed E-state index contributed by atoms with van der Waals surface area (Å²) in [4.78, 5) is 0. The van der Waals surface area contributed by atoms with Crippen LogP contribution in [-0.2, 0) is 13.0 Å². The molecule has 13 heavy (non-hydrogen) atoms. The van der Waals surface area contributed by atoms with Crippen LogP contribution < -0.4 is 5.73 Å². The summed E-state index contributed by atoms with van der Waals surface area (Å²) >= 11 is 0. The highest BCUT2D eigenvalue weighted by atomic mass is 15.4. The molecule has 0 aromatic carbocycles. The number of hydrogen-bond donors (Lipinski definition) is 1. The van der Waals surface area contributed by atoms with Gasteiger partial charge in [-0.1, -0.05) is 25.0 Å². The quantitative estimate of drug-likeness (QED) is 0.667. The number of aryl methyl sites for hydroxylation is 1. The minimum atomic E-state index is 0.646. The average molecular weight is 182 g/mol. The van der Waals surface area contributed by atoms with Crippen molar-refractivity contribution >= 4 is 0 Å². The van der Waals surface area contributed by atoms with Crippen molar-refractivity contribution < 1.29 is 0 Å². The van der Waals surface area contributed by atoms with E-state index in [-0.39, 0.29) is 0 Å². The molecule has 4 nitrogen and oxygen atoms in total. The molecule has 0 saturated heterocycles. The highest BCUT2D eigenvalue weighted by Gasteiger charge is 1.98. The first-order valence-electron chi connectivity index (χ1n) is 4.96. The number of hydrogen-bond acceptors (Lipinski definition) is 3. The molecule has 0 unspecified atom stereocenters. The number of nitrogens with zero attached hydrogens (tertiary/aromatic N) is 3. The van der Waals surface area contributed by atoms with Crippen molar-refractivity contribution in [2.75, 3.05) is 6.54 Å². The standard InChI is InChI=1S/C9H18N4/c1-2-3-4-7-13-8-9(5-6-10)11-12-13/h8H,2-7,10H2,1H3. The van der Waals surface area contributed by atoms with Crippen LogP contribution in [0.2, 0.25) is 0 Å². The molecule has 1 aromatic rings. The molecule has 0 radical (unpaired) electrons. The molecule has 0 amide bonds. The summed E-state index contributed by atoms with van der Waals surface area (Å²) in [6.45, 7) is 3.82. The maximum atomic E-state index is 5.41. The van der Waals surface area contributed by atoms with E-state index in [1.807, 2.05) is 10.9 Å². The van der Waals surface area contributed by atoms with E-state index in [1.165, 1.54) is 19.3 Å². The maximum absolute atomic E-state index is 5.41. The smallest absolute Gasteiger partial charge is 0.0839 e. The molecule has 1 aromatic heterocycles. The van der Waals surface area contributed by atoms with Crippen LogP contribution in [0.1, 0.15) is 31.9 Å². The first-order valence-corrected chi connectivity index (χ1v) is 4.96. The van der Waals surface area contributed by atoms with Crippen molar-refractivity contribution in [2.45, 2.75) is 39.2 Å². The van der Waals surface area contributed by atoms with Gasteiger partial charge in [0.2, 0.25) is 0 Å². The highest BCUT2D eigenvalue weighted by Crippen LogP contribution is 1.99. The summed E-state index contributed by atoms with van der Waals surface area (Å²) in [5.74, 6) is 0. The van der Waals surface area contributed by atoms with Crippen LogP contribution >= 0.6 is 0 Å². The van der Waals surface area contributed by atoms with Crippen LogP contribution in [0.4, 0.5) is 0 Å². The lowest BCUT2D eigenvalue weighted by Gasteiger charge is -1.97. The number of nitrogens with two attached hydrogens (primary N) is 1. The summed E-state index contributed by atoms with van der Waals surface area (Å²) in [5, 5.41) is 8.04. The second-order valence-corrected chi connectivity index (χ2v) is 3.22. The van der Waals surface area contributed by atoms with E-state index in [1.54, 1.807) is 0 Å². The monoisotopic (exact) mass is 182 g/mol. The van der Waals surface area contributed by atoms with Crippen LogP contribution in [0.3, 0.4) is 0 Å². The molecule has 2 N–H and O–H groups in total. The van der Waals surface area contributed by atoms with Gasteiger partial charge in [0.1, 0.15) is 0 Å². The Morgan fingerprint density at radius 2 is 2.31 bits per heavy atom. The molecule has 4 heteroatoms. The maximum Gasteiger partial charge on any atom is 0.0839 e. The van der Waals surface area contributed by atoms with E-state index in [9.17, 15) is 0 Å². The lowest BCUT2D eigenvalue weighted by molar-refractivity contribution is 0.537. The van der Waals surface area contributed by atoms with Crippen LogP contribution in [0.5, 0.6) is 0 Å². The van der Waals surface area contributed by atoms with Gasteiger partial charge in [0, 0.05) is 19.2 Å². The Morgan fingerprint density at radius 1 is 1.46 bits per heavy atom. The molecular formula is C9H18N4. The highest BCUT2D eigenvalue weighted by molar-refractivity contribution is 4.92. The van der Waals surface area contributed by atoms with Gasteiger partial charge >= 0.3 is 0 Å². The summed E-state index contributed by atoms with van der Waals surface area (Å²) in [5.41, 5.74) is 6.41. The van der Waals surface area contributed by atoms with Gasteiger partial charge in [-0.3, -0.25) is 4.68 Å². The summed E-state index contributed by atoms with van der Waals surface area (Å²) in [6, 6.07) is 0. The minimum absolute atomic E-state index is 0.646. The minimum Gasteiger partial charge on any atom is -0.330 e. The molecule has 0 aliphatic rings. The van der Waals surface area contributed by atoms with Gasteiger partial charge < -0.3 is 5.73 Å². The van der Waals surface area contributed by atoms with Crippen molar-refractivity contribution in [1.29, 1.82) is 0 Å². The fraction of sp³-hybridized carbons (Fsp3) is 0.778. The molecule has 0 aliphatic carbocycles. The fourth-order valence-electron chi connectivity index (χ4n) is 1.23. The Kier molecular flexibility index (Phi) is 4.46. The molecular weight excluding hydrogens is 164 g/mol. The first kappa shape index (κ1) is 10.2. The molecule has 0 saturated carbocycles. The van der Waals surface area contributed by atoms with Crippen LogP contribution in [-0.4, -0.2) is 21.5 Å². The Balaban J connectivity index is 2.31. The third kappa shape index (κ3) is 3.55.